The molecule has 0 unspecified atom stereocenters. The van der Waals surface area contributed by atoms with Gasteiger partial charge in [-0.1, -0.05) is 23.7 Å². The predicted molar refractivity (Wildman–Crippen MR) is 106 cm³/mol. The number of halogens is 1. The number of fused-ring (bicyclic) bond motifs is 1. The van der Waals surface area contributed by atoms with Crippen LogP contribution in [0.15, 0.2) is 54.6 Å². The second-order valence-corrected chi connectivity index (χ2v) is 6.57. The molecule has 2 N–H and O–H groups in total. The van der Waals surface area contributed by atoms with Crippen LogP contribution in [0.5, 0.6) is 11.5 Å². The standard InChI is InChI=1S/C20H17ClN4O3/c21-15-4-1-13(2-5-15)9-10-22-18-7-8-19(25-24-18)23-20(26)14-3-6-16-17(11-14)28-12-27-16/h1-8,11H,9-10,12H2,(H,22,24)(H,23,25,26). The zero-order chi connectivity index (χ0) is 19.3. The van der Waals surface area contributed by atoms with E-state index in [1.54, 1.807) is 30.3 Å². The number of ether oxygens (including phenoxy) is 2. The Balaban J connectivity index is 1.30. The van der Waals surface area contributed by atoms with Gasteiger partial charge in [-0.15, -0.1) is 10.2 Å². The minimum Gasteiger partial charge on any atom is -0.454 e. The summed E-state index contributed by atoms with van der Waals surface area (Å²) in [6, 6.07) is 16.2. The number of aromatic nitrogens is 2. The normalized spacial score (nSPS) is 11.9. The molecule has 0 bridgehead atoms. The van der Waals surface area contributed by atoms with Crippen LogP contribution >= 0.6 is 11.6 Å². The largest absolute Gasteiger partial charge is 0.454 e. The molecule has 28 heavy (non-hydrogen) atoms. The van der Waals surface area contributed by atoms with Gasteiger partial charge in [0.05, 0.1) is 0 Å². The minimum atomic E-state index is -0.295. The van der Waals surface area contributed by atoms with E-state index in [-0.39, 0.29) is 12.7 Å². The van der Waals surface area contributed by atoms with E-state index in [0.717, 1.165) is 11.4 Å². The summed E-state index contributed by atoms with van der Waals surface area (Å²) in [6.45, 7) is 0.873. The lowest BCUT2D eigenvalue weighted by Crippen LogP contribution is -2.14. The molecule has 2 heterocycles. The SMILES string of the molecule is O=C(Nc1ccc(NCCc2ccc(Cl)cc2)nn1)c1ccc2c(c1)OCO2. The van der Waals surface area contributed by atoms with E-state index in [2.05, 4.69) is 20.8 Å². The van der Waals surface area contributed by atoms with Gasteiger partial charge in [0.15, 0.2) is 17.3 Å². The Kier molecular flexibility index (Phi) is 5.25. The highest BCUT2D eigenvalue weighted by atomic mass is 35.5. The van der Waals surface area contributed by atoms with Crippen molar-refractivity contribution in [2.45, 2.75) is 6.42 Å². The first kappa shape index (κ1) is 18.1. The minimum absolute atomic E-state index is 0.165. The van der Waals surface area contributed by atoms with Crippen molar-refractivity contribution >= 4 is 29.1 Å². The number of rotatable bonds is 6. The highest BCUT2D eigenvalue weighted by molar-refractivity contribution is 6.30. The first-order valence-corrected chi connectivity index (χ1v) is 9.08. The molecule has 2 aromatic carbocycles. The van der Waals surface area contributed by atoms with Crippen molar-refractivity contribution < 1.29 is 14.3 Å². The monoisotopic (exact) mass is 396 g/mol. The molecule has 3 aromatic rings. The Morgan fingerprint density at radius 3 is 2.50 bits per heavy atom. The van der Waals surface area contributed by atoms with Crippen molar-refractivity contribution in [1.82, 2.24) is 10.2 Å². The van der Waals surface area contributed by atoms with Gasteiger partial charge in [0, 0.05) is 17.1 Å². The van der Waals surface area contributed by atoms with Crippen LogP contribution in [0.1, 0.15) is 15.9 Å². The van der Waals surface area contributed by atoms with Crippen molar-refractivity contribution in [3.63, 3.8) is 0 Å². The van der Waals surface area contributed by atoms with E-state index in [4.69, 9.17) is 21.1 Å². The third kappa shape index (κ3) is 4.32. The number of amides is 1. The van der Waals surface area contributed by atoms with E-state index in [0.29, 0.717) is 35.2 Å². The quantitative estimate of drug-likeness (QED) is 0.659. The van der Waals surface area contributed by atoms with Gasteiger partial charge in [0.2, 0.25) is 6.79 Å². The summed E-state index contributed by atoms with van der Waals surface area (Å²) in [5, 5.41) is 14.8. The molecule has 1 aliphatic heterocycles. The summed E-state index contributed by atoms with van der Waals surface area (Å²) in [6.07, 6.45) is 0.835. The van der Waals surface area contributed by atoms with Gasteiger partial charge < -0.3 is 20.1 Å². The molecular formula is C20H17ClN4O3. The number of anilines is 2. The average Bonchev–Trinajstić information content (AvgIpc) is 3.18. The number of carbonyl (C=O) groups excluding carboxylic acids is 1. The highest BCUT2D eigenvalue weighted by Gasteiger charge is 2.16. The summed E-state index contributed by atoms with van der Waals surface area (Å²) < 4.78 is 10.5. The zero-order valence-electron chi connectivity index (χ0n) is 14.8. The Hall–Kier alpha value is -3.32. The van der Waals surface area contributed by atoms with Crippen LogP contribution in [0.25, 0.3) is 0 Å². The molecule has 1 aromatic heterocycles. The van der Waals surface area contributed by atoms with Crippen molar-refractivity contribution in [3.8, 4) is 11.5 Å². The van der Waals surface area contributed by atoms with E-state index in [9.17, 15) is 4.79 Å². The topological polar surface area (TPSA) is 85.4 Å². The molecule has 1 aliphatic rings. The second-order valence-electron chi connectivity index (χ2n) is 6.13. The van der Waals surface area contributed by atoms with E-state index in [1.807, 2.05) is 24.3 Å². The van der Waals surface area contributed by atoms with Crippen LogP contribution in [0.2, 0.25) is 5.02 Å². The van der Waals surface area contributed by atoms with Crippen LogP contribution in [0.3, 0.4) is 0 Å². The summed E-state index contributed by atoms with van der Waals surface area (Å²) in [4.78, 5) is 12.4. The maximum atomic E-state index is 12.4. The molecule has 0 saturated heterocycles. The van der Waals surface area contributed by atoms with Crippen molar-refractivity contribution in [1.29, 1.82) is 0 Å². The van der Waals surface area contributed by atoms with Crippen LogP contribution in [-0.4, -0.2) is 29.4 Å². The van der Waals surface area contributed by atoms with Gasteiger partial charge in [-0.25, -0.2) is 0 Å². The van der Waals surface area contributed by atoms with E-state index < -0.39 is 0 Å². The lowest BCUT2D eigenvalue weighted by molar-refractivity contribution is 0.102. The second kappa shape index (κ2) is 8.14. The summed E-state index contributed by atoms with van der Waals surface area (Å²) >= 11 is 5.88. The molecule has 0 atom stereocenters. The molecule has 4 rings (SSSR count). The fourth-order valence-corrected chi connectivity index (χ4v) is 2.83. The molecule has 0 radical (unpaired) electrons. The molecule has 0 fully saturated rings. The maximum Gasteiger partial charge on any atom is 0.257 e. The molecule has 8 heteroatoms. The number of benzene rings is 2. The van der Waals surface area contributed by atoms with Crippen molar-refractivity contribution in [2.24, 2.45) is 0 Å². The highest BCUT2D eigenvalue weighted by Crippen LogP contribution is 2.32. The Labute approximate surface area is 166 Å². The Morgan fingerprint density at radius 1 is 0.964 bits per heavy atom. The molecule has 0 saturated carbocycles. The number of hydrogen-bond donors (Lipinski definition) is 2. The Morgan fingerprint density at radius 2 is 1.71 bits per heavy atom. The smallest absolute Gasteiger partial charge is 0.257 e. The molecule has 0 aliphatic carbocycles. The van der Waals surface area contributed by atoms with Crippen LogP contribution in [0, 0.1) is 0 Å². The first-order chi connectivity index (χ1) is 13.7. The maximum absolute atomic E-state index is 12.4. The van der Waals surface area contributed by atoms with Gasteiger partial charge in [-0.2, -0.15) is 0 Å². The lowest BCUT2D eigenvalue weighted by atomic mass is 10.1. The first-order valence-electron chi connectivity index (χ1n) is 8.70. The molecule has 7 nitrogen and oxygen atoms in total. The molecule has 142 valence electrons. The number of hydrogen-bond acceptors (Lipinski definition) is 6. The van der Waals surface area contributed by atoms with Gasteiger partial charge >= 0.3 is 0 Å². The zero-order valence-corrected chi connectivity index (χ0v) is 15.6. The van der Waals surface area contributed by atoms with Gasteiger partial charge in [-0.05, 0) is 54.4 Å². The fraction of sp³-hybridized carbons (Fsp3) is 0.150. The molecule has 0 spiro atoms. The van der Waals surface area contributed by atoms with E-state index in [1.165, 1.54) is 5.56 Å². The van der Waals surface area contributed by atoms with Gasteiger partial charge in [0.25, 0.3) is 5.91 Å². The third-order valence-electron chi connectivity index (χ3n) is 4.17. The summed E-state index contributed by atoms with van der Waals surface area (Å²) in [5.41, 5.74) is 1.63. The lowest BCUT2D eigenvalue weighted by Gasteiger charge is -2.07. The predicted octanol–water partition coefficient (Wildman–Crippen LogP) is 3.77. The number of nitrogens with zero attached hydrogens (tertiary/aromatic N) is 2. The van der Waals surface area contributed by atoms with Gasteiger partial charge in [-0.3, -0.25) is 4.79 Å². The Bertz CT molecular complexity index is 978. The number of nitrogens with one attached hydrogen (secondary N) is 2. The van der Waals surface area contributed by atoms with E-state index >= 15 is 0 Å². The molecule has 1 amide bonds. The van der Waals surface area contributed by atoms with Crippen molar-refractivity contribution in [2.75, 3.05) is 24.0 Å². The number of carbonyl (C=O) groups is 1. The summed E-state index contributed by atoms with van der Waals surface area (Å²) in [7, 11) is 0. The third-order valence-corrected chi connectivity index (χ3v) is 4.43. The molecular weight excluding hydrogens is 380 g/mol. The van der Waals surface area contributed by atoms with Gasteiger partial charge in [0.1, 0.15) is 5.82 Å². The van der Waals surface area contributed by atoms with Crippen LogP contribution < -0.4 is 20.1 Å². The van der Waals surface area contributed by atoms with Crippen molar-refractivity contribution in [3.05, 3.63) is 70.7 Å². The fourth-order valence-electron chi connectivity index (χ4n) is 2.71. The van der Waals surface area contributed by atoms with Crippen LogP contribution in [-0.2, 0) is 6.42 Å². The average molecular weight is 397 g/mol. The van der Waals surface area contributed by atoms with Crippen LogP contribution in [0.4, 0.5) is 11.6 Å². The summed E-state index contributed by atoms with van der Waals surface area (Å²) in [5.74, 6) is 1.89.